The normalized spacial score (nSPS) is 16.5. The number of carbonyl (C=O) groups is 1. The van der Waals surface area contributed by atoms with Gasteiger partial charge in [0.25, 0.3) is 0 Å². The Kier molecular flexibility index (Phi) is 3.05. The first-order valence-electron chi connectivity index (χ1n) is 2.88. The summed E-state index contributed by atoms with van der Waals surface area (Å²) in [5.41, 5.74) is 0. The highest BCUT2D eigenvalue weighted by atomic mass is 32.2. The molecule has 0 fully saturated rings. The predicted molar refractivity (Wildman–Crippen MR) is 44.5 cm³/mol. The summed E-state index contributed by atoms with van der Waals surface area (Å²) >= 11 is 0. The number of hydrogen-bond donors (Lipinski definition) is 0. The summed E-state index contributed by atoms with van der Waals surface area (Å²) in [6.07, 6.45) is 1.54. The lowest BCUT2D eigenvalue weighted by Gasteiger charge is -2.11. The van der Waals surface area contributed by atoms with Gasteiger partial charge in [-0.3, -0.25) is 9.00 Å². The van der Waals surface area contributed by atoms with Gasteiger partial charge in [-0.1, -0.05) is 0 Å². The zero-order valence-electron chi connectivity index (χ0n) is 6.75. The van der Waals surface area contributed by atoms with Crippen LogP contribution in [-0.2, 0) is 14.5 Å². The average molecular weight is 163 g/mol. The molecule has 0 aromatic rings. The van der Waals surface area contributed by atoms with Gasteiger partial charge >= 0.3 is 0 Å². The smallest absolute Gasteiger partial charge is 0.161 e. The van der Waals surface area contributed by atoms with Crippen molar-refractivity contribution >= 4 is 20.9 Å². The van der Waals surface area contributed by atoms with E-state index in [1.54, 1.807) is 14.1 Å². The fourth-order valence-corrected chi connectivity index (χ4v) is 1.24. The van der Waals surface area contributed by atoms with Gasteiger partial charge in [0.15, 0.2) is 5.78 Å². The van der Waals surface area contributed by atoms with E-state index in [2.05, 4.69) is 0 Å². The van der Waals surface area contributed by atoms with Crippen LogP contribution in [-0.4, -0.2) is 40.0 Å². The number of hydrogen-bond acceptors (Lipinski definition) is 2. The minimum Gasteiger partial charge on any atom is -0.294 e. The Balaban J connectivity index is 4.73. The topological polar surface area (TPSA) is 37.4 Å². The van der Waals surface area contributed by atoms with Crippen LogP contribution >= 0.6 is 0 Å². The maximum Gasteiger partial charge on any atom is 0.161 e. The van der Waals surface area contributed by atoms with Crippen LogP contribution in [0.3, 0.4) is 0 Å². The van der Waals surface area contributed by atoms with Crippen molar-refractivity contribution < 1.29 is 9.00 Å². The minimum atomic E-state index is -2.19. The molecule has 0 radical (unpaired) electrons. The zero-order chi connectivity index (χ0) is 8.36. The van der Waals surface area contributed by atoms with Gasteiger partial charge in [0.1, 0.15) is 0 Å². The van der Waals surface area contributed by atoms with Crippen molar-refractivity contribution in [3.05, 3.63) is 0 Å². The molecule has 0 bridgehead atoms. The molecule has 0 amide bonds. The quantitative estimate of drug-likeness (QED) is 0.527. The zero-order valence-corrected chi connectivity index (χ0v) is 7.57. The molecule has 0 aromatic heterocycles. The van der Waals surface area contributed by atoms with Crippen LogP contribution < -0.4 is 0 Å². The van der Waals surface area contributed by atoms with Crippen molar-refractivity contribution in [3.8, 4) is 0 Å². The molecule has 0 heterocycles. The number of Topliss-reactive ketones (excluding diaryl/α,β-unsaturated/α-hetero) is 1. The van der Waals surface area contributed by atoms with E-state index in [9.17, 15) is 9.00 Å². The van der Waals surface area contributed by atoms with Gasteiger partial charge in [0, 0.05) is 21.3 Å². The first-order valence-corrected chi connectivity index (χ1v) is 4.87. The molecule has 1 atom stereocenters. The van der Waals surface area contributed by atoms with Crippen LogP contribution in [0.4, 0.5) is 0 Å². The van der Waals surface area contributed by atoms with Gasteiger partial charge in [-0.2, -0.15) is 0 Å². The van der Waals surface area contributed by atoms with Gasteiger partial charge in [0.05, 0.1) is 0 Å². The van der Waals surface area contributed by atoms with Crippen LogP contribution in [0.2, 0.25) is 0 Å². The number of ketones is 1. The van der Waals surface area contributed by atoms with Crippen molar-refractivity contribution in [1.82, 2.24) is 4.31 Å². The molecule has 0 aromatic carbocycles. The first kappa shape index (κ1) is 9.65. The summed E-state index contributed by atoms with van der Waals surface area (Å²) in [7, 11) is 1.18. The average Bonchev–Trinajstić information content (AvgIpc) is 1.60. The fourth-order valence-electron chi connectivity index (χ4n) is 0.413. The van der Waals surface area contributed by atoms with Crippen molar-refractivity contribution in [1.29, 1.82) is 0 Å². The third-order valence-electron chi connectivity index (χ3n) is 1.11. The van der Waals surface area contributed by atoms with Crippen molar-refractivity contribution in [2.75, 3.05) is 20.4 Å². The van der Waals surface area contributed by atoms with Gasteiger partial charge in [-0.25, -0.2) is 4.31 Å². The molecule has 0 aliphatic heterocycles. The molecule has 0 aliphatic carbocycles. The molecule has 0 saturated heterocycles. The van der Waals surface area contributed by atoms with E-state index in [0.717, 1.165) is 0 Å². The number of rotatable bonds is 2. The monoisotopic (exact) mass is 163 g/mol. The minimum absolute atomic E-state index is 0.152. The molecular formula is C6H13NO2S. The summed E-state index contributed by atoms with van der Waals surface area (Å²) in [6, 6.07) is 0. The van der Waals surface area contributed by atoms with Crippen LogP contribution in [0.15, 0.2) is 0 Å². The van der Waals surface area contributed by atoms with Crippen molar-refractivity contribution in [2.45, 2.75) is 6.92 Å². The van der Waals surface area contributed by atoms with Gasteiger partial charge in [0.2, 0.25) is 0 Å². The predicted octanol–water partition coefficient (Wildman–Crippen LogP) is -0.232. The summed E-state index contributed by atoms with van der Waals surface area (Å²) in [4.78, 5) is 10.5. The van der Waals surface area contributed by atoms with Crippen LogP contribution in [0.5, 0.6) is 0 Å². The van der Waals surface area contributed by atoms with E-state index >= 15 is 0 Å². The highest BCUT2D eigenvalue weighted by Crippen LogP contribution is 1.88. The first-order chi connectivity index (χ1) is 4.36. The van der Waals surface area contributed by atoms with E-state index < -0.39 is 9.71 Å². The van der Waals surface area contributed by atoms with Gasteiger partial charge in [-0.05, 0) is 21.0 Å². The fraction of sp³-hybridized carbons (Fsp3) is 0.667. The molecule has 0 N–H and O–H groups in total. The maximum atomic E-state index is 11.3. The lowest BCUT2D eigenvalue weighted by molar-refractivity contribution is -0.110. The van der Waals surface area contributed by atoms with Crippen LogP contribution in [0.25, 0.3) is 0 Å². The third-order valence-corrected chi connectivity index (χ3v) is 3.33. The molecule has 0 aliphatic rings. The largest absolute Gasteiger partial charge is 0.294 e. The summed E-state index contributed by atoms with van der Waals surface area (Å²) < 4.78 is 12.9. The van der Waals surface area contributed by atoms with E-state index in [0.29, 0.717) is 0 Å². The standard InChI is InChI=1S/C6H13NO2S/c1-6(8)5-10(4,9)7(2)3/h5H,1-4H3. The molecule has 1 unspecified atom stereocenters. The molecule has 4 heteroatoms. The second-order valence-corrected chi connectivity index (χ2v) is 5.09. The Hall–Kier alpha value is -0.350. The Morgan fingerprint density at radius 1 is 1.50 bits per heavy atom. The molecule has 10 heavy (non-hydrogen) atoms. The van der Waals surface area contributed by atoms with Gasteiger partial charge in [-0.15, -0.1) is 0 Å². The lowest BCUT2D eigenvalue weighted by Crippen LogP contribution is -2.24. The van der Waals surface area contributed by atoms with Crippen LogP contribution in [0, 0.1) is 0 Å². The number of carbonyl (C=O) groups excluding carboxylic acids is 1. The van der Waals surface area contributed by atoms with Crippen molar-refractivity contribution in [3.63, 3.8) is 0 Å². The molecule has 3 nitrogen and oxygen atoms in total. The molecule has 60 valence electrons. The lowest BCUT2D eigenvalue weighted by atomic mass is 10.5. The number of nitrogens with zero attached hydrogens (tertiary/aromatic N) is 1. The summed E-state index contributed by atoms with van der Waals surface area (Å²) in [6.45, 7) is 1.40. The molecular weight excluding hydrogens is 150 g/mol. The van der Waals surface area contributed by atoms with E-state index in [1.165, 1.54) is 22.9 Å². The van der Waals surface area contributed by atoms with E-state index in [1.807, 2.05) is 0 Å². The Morgan fingerprint density at radius 3 is 2.00 bits per heavy atom. The molecule has 0 saturated carbocycles. The highest BCUT2D eigenvalue weighted by molar-refractivity contribution is 7.99. The van der Waals surface area contributed by atoms with Gasteiger partial charge < -0.3 is 0 Å². The third kappa shape index (κ3) is 2.98. The maximum absolute atomic E-state index is 11.3. The second-order valence-electron chi connectivity index (χ2n) is 2.40. The highest BCUT2D eigenvalue weighted by Gasteiger charge is 2.02. The Morgan fingerprint density at radius 2 is 1.90 bits per heavy atom. The van der Waals surface area contributed by atoms with E-state index in [4.69, 9.17) is 0 Å². The van der Waals surface area contributed by atoms with E-state index in [-0.39, 0.29) is 5.78 Å². The van der Waals surface area contributed by atoms with Crippen LogP contribution in [0.1, 0.15) is 6.92 Å². The Bertz CT molecular complexity index is 236. The molecule has 0 spiro atoms. The second kappa shape index (κ2) is 3.16. The Labute approximate surface area is 62.2 Å². The molecule has 0 rings (SSSR count). The van der Waals surface area contributed by atoms with Crippen molar-refractivity contribution in [2.24, 2.45) is 0 Å². The summed E-state index contributed by atoms with van der Waals surface area (Å²) in [5, 5.41) is 1.24. The SMILES string of the molecule is CC(=O)C=S(C)(=O)N(C)C. The summed E-state index contributed by atoms with van der Waals surface area (Å²) in [5.74, 6) is -0.152.